The molecule has 0 bridgehead atoms. The summed E-state index contributed by atoms with van der Waals surface area (Å²) in [5.41, 5.74) is -0.0813. The first kappa shape index (κ1) is 15.5. The van der Waals surface area contributed by atoms with Crippen molar-refractivity contribution in [2.45, 2.75) is 6.92 Å². The molecule has 3 rings (SSSR count). The topological polar surface area (TPSA) is 114 Å². The molecule has 2 aromatic heterocycles. The third-order valence-corrected chi connectivity index (χ3v) is 3.22. The number of hydrogen-bond acceptors (Lipinski definition) is 6. The first-order valence-electron chi connectivity index (χ1n) is 7.15. The Morgan fingerprint density at radius 1 is 1.33 bits per heavy atom. The van der Waals surface area contributed by atoms with Crippen LogP contribution in [0.4, 0.5) is 10.5 Å². The quantitative estimate of drug-likeness (QED) is 0.761. The molecule has 0 aliphatic rings. The Bertz CT molecular complexity index is 1020. The van der Waals surface area contributed by atoms with E-state index in [1.807, 2.05) is 0 Å². The fourth-order valence-electron chi connectivity index (χ4n) is 2.19. The first-order valence-corrected chi connectivity index (χ1v) is 7.15. The zero-order valence-corrected chi connectivity index (χ0v) is 12.7. The number of nitrogens with zero attached hydrogens (tertiary/aromatic N) is 1. The zero-order chi connectivity index (χ0) is 17.1. The lowest BCUT2D eigenvalue weighted by Gasteiger charge is -2.10. The van der Waals surface area contributed by atoms with Gasteiger partial charge in [-0.1, -0.05) is 12.1 Å². The van der Waals surface area contributed by atoms with Gasteiger partial charge in [0.05, 0.1) is 12.3 Å². The van der Waals surface area contributed by atoms with Crippen LogP contribution in [0.25, 0.3) is 22.4 Å². The lowest BCUT2D eigenvalue weighted by molar-refractivity contribution is 0.168. The van der Waals surface area contributed by atoms with Crippen LogP contribution in [-0.2, 0) is 4.74 Å². The number of hydrogen-bond donors (Lipinski definition) is 2. The molecule has 24 heavy (non-hydrogen) atoms. The van der Waals surface area contributed by atoms with E-state index in [1.54, 1.807) is 31.2 Å². The molecule has 0 saturated heterocycles. The molecule has 3 aromatic rings. The normalized spacial score (nSPS) is 10.5. The fraction of sp³-hybridized carbons (Fsp3) is 0.125. The molecule has 2 heterocycles. The Labute approximate surface area is 135 Å². The second-order valence-electron chi connectivity index (χ2n) is 4.80. The van der Waals surface area contributed by atoms with Gasteiger partial charge in [-0.3, -0.25) is 15.1 Å². The van der Waals surface area contributed by atoms with Gasteiger partial charge in [-0.05, 0) is 19.1 Å². The molecule has 0 aliphatic carbocycles. The van der Waals surface area contributed by atoms with Gasteiger partial charge in [-0.25, -0.2) is 14.6 Å². The van der Waals surface area contributed by atoms with E-state index in [-0.39, 0.29) is 28.9 Å². The maximum absolute atomic E-state index is 12.2. The van der Waals surface area contributed by atoms with Gasteiger partial charge in [-0.2, -0.15) is 0 Å². The SMILES string of the molecule is CCOC(=O)Nc1ccccc1-c1cc(=O)c2cnc(=O)[nH]c2o1. The highest BCUT2D eigenvalue weighted by Gasteiger charge is 2.13. The number of ether oxygens (including phenoxy) is 1. The maximum Gasteiger partial charge on any atom is 0.411 e. The second-order valence-corrected chi connectivity index (χ2v) is 4.80. The highest BCUT2D eigenvalue weighted by Crippen LogP contribution is 2.28. The summed E-state index contributed by atoms with van der Waals surface area (Å²) in [4.78, 5) is 41.0. The van der Waals surface area contributed by atoms with Crippen LogP contribution in [0.2, 0.25) is 0 Å². The molecule has 0 saturated carbocycles. The summed E-state index contributed by atoms with van der Waals surface area (Å²) >= 11 is 0. The molecule has 0 radical (unpaired) electrons. The molecular weight excluding hydrogens is 314 g/mol. The van der Waals surface area contributed by atoms with Gasteiger partial charge in [0.2, 0.25) is 5.71 Å². The Hall–Kier alpha value is -3.42. The Morgan fingerprint density at radius 3 is 2.92 bits per heavy atom. The van der Waals surface area contributed by atoms with Crippen LogP contribution in [-0.4, -0.2) is 22.7 Å². The predicted molar refractivity (Wildman–Crippen MR) is 87.0 cm³/mol. The molecule has 1 amide bonds. The molecule has 0 atom stereocenters. The van der Waals surface area contributed by atoms with Crippen LogP contribution < -0.4 is 16.4 Å². The number of carbonyl (C=O) groups is 1. The number of para-hydroxylation sites is 1. The van der Waals surface area contributed by atoms with Crippen molar-refractivity contribution < 1.29 is 13.9 Å². The summed E-state index contributed by atoms with van der Waals surface area (Å²) in [6.45, 7) is 1.92. The minimum atomic E-state index is -0.624. The van der Waals surface area contributed by atoms with Crippen LogP contribution in [0.1, 0.15) is 6.92 Å². The standard InChI is InChI=1S/C16H13N3O5/c1-2-23-16(22)18-11-6-4-3-5-9(11)13-7-12(20)10-8-17-15(21)19-14(10)24-13/h3-8H,2H2,1H3,(H,18,22)(H,17,19,21). The molecule has 0 spiro atoms. The fourth-order valence-corrected chi connectivity index (χ4v) is 2.19. The van der Waals surface area contributed by atoms with Gasteiger partial charge < -0.3 is 9.15 Å². The van der Waals surface area contributed by atoms with Crippen molar-refractivity contribution in [3.63, 3.8) is 0 Å². The van der Waals surface area contributed by atoms with Gasteiger partial charge >= 0.3 is 11.8 Å². The summed E-state index contributed by atoms with van der Waals surface area (Å²) in [6, 6.07) is 8.03. The number of H-pyrrole nitrogens is 1. The number of amides is 1. The molecule has 122 valence electrons. The third kappa shape index (κ3) is 3.02. The predicted octanol–water partition coefficient (Wildman–Crippen LogP) is 2.11. The molecule has 0 fully saturated rings. The number of aromatic nitrogens is 2. The highest BCUT2D eigenvalue weighted by atomic mass is 16.5. The largest absolute Gasteiger partial charge is 0.450 e. The summed E-state index contributed by atoms with van der Waals surface area (Å²) in [6.07, 6.45) is 0.540. The smallest absolute Gasteiger partial charge is 0.411 e. The van der Waals surface area contributed by atoms with Crippen molar-refractivity contribution in [2.24, 2.45) is 0 Å². The molecule has 2 N–H and O–H groups in total. The lowest BCUT2D eigenvalue weighted by atomic mass is 10.1. The van der Waals surface area contributed by atoms with Gasteiger partial charge in [0, 0.05) is 17.8 Å². The number of anilines is 1. The van der Waals surface area contributed by atoms with Gasteiger partial charge in [0.15, 0.2) is 5.43 Å². The van der Waals surface area contributed by atoms with Crippen LogP contribution in [0, 0.1) is 0 Å². The van der Waals surface area contributed by atoms with Crippen molar-refractivity contribution in [1.29, 1.82) is 0 Å². The van der Waals surface area contributed by atoms with Crippen LogP contribution in [0.3, 0.4) is 0 Å². The van der Waals surface area contributed by atoms with Crippen molar-refractivity contribution in [3.8, 4) is 11.3 Å². The molecule has 8 nitrogen and oxygen atoms in total. The van der Waals surface area contributed by atoms with Crippen molar-refractivity contribution in [2.75, 3.05) is 11.9 Å². The van der Waals surface area contributed by atoms with Crippen LogP contribution in [0.5, 0.6) is 0 Å². The maximum atomic E-state index is 12.2. The number of aromatic amines is 1. The van der Waals surface area contributed by atoms with Crippen LogP contribution >= 0.6 is 0 Å². The van der Waals surface area contributed by atoms with Gasteiger partial charge in [-0.15, -0.1) is 0 Å². The molecule has 1 aromatic carbocycles. The average Bonchev–Trinajstić information content (AvgIpc) is 2.55. The highest BCUT2D eigenvalue weighted by molar-refractivity contribution is 5.91. The molecule has 0 aliphatic heterocycles. The van der Waals surface area contributed by atoms with E-state index < -0.39 is 11.8 Å². The summed E-state index contributed by atoms with van der Waals surface area (Å²) in [5.74, 6) is 0.196. The lowest BCUT2D eigenvalue weighted by Crippen LogP contribution is -2.14. The Kier molecular flexibility index (Phi) is 4.11. The van der Waals surface area contributed by atoms with E-state index in [1.165, 1.54) is 6.07 Å². The van der Waals surface area contributed by atoms with E-state index in [0.29, 0.717) is 11.3 Å². The number of carbonyl (C=O) groups excluding carboxylic acids is 1. The second kappa shape index (κ2) is 6.37. The Morgan fingerprint density at radius 2 is 2.12 bits per heavy atom. The van der Waals surface area contributed by atoms with Crippen LogP contribution in [0.15, 0.2) is 50.5 Å². The van der Waals surface area contributed by atoms with Crippen molar-refractivity contribution >= 4 is 22.9 Å². The zero-order valence-electron chi connectivity index (χ0n) is 12.7. The average molecular weight is 327 g/mol. The minimum Gasteiger partial charge on any atom is -0.450 e. The van der Waals surface area contributed by atoms with Crippen molar-refractivity contribution in [1.82, 2.24) is 9.97 Å². The molecule has 0 unspecified atom stereocenters. The number of fused-ring (bicyclic) bond motifs is 1. The van der Waals surface area contributed by atoms with E-state index in [4.69, 9.17) is 9.15 Å². The number of nitrogens with one attached hydrogen (secondary N) is 2. The number of rotatable bonds is 3. The summed E-state index contributed by atoms with van der Waals surface area (Å²) in [7, 11) is 0. The summed E-state index contributed by atoms with van der Waals surface area (Å²) < 4.78 is 10.5. The molecule has 8 heteroatoms. The van der Waals surface area contributed by atoms with E-state index >= 15 is 0 Å². The monoisotopic (exact) mass is 327 g/mol. The van der Waals surface area contributed by atoms with Crippen molar-refractivity contribution in [3.05, 3.63) is 57.2 Å². The van der Waals surface area contributed by atoms with E-state index in [0.717, 1.165) is 6.20 Å². The molecular formula is C16H13N3O5. The van der Waals surface area contributed by atoms with Gasteiger partial charge in [0.25, 0.3) is 0 Å². The Balaban J connectivity index is 2.12. The number of benzene rings is 1. The van der Waals surface area contributed by atoms with Gasteiger partial charge in [0.1, 0.15) is 11.1 Å². The minimum absolute atomic E-state index is 0.0171. The first-order chi connectivity index (χ1) is 11.6. The van der Waals surface area contributed by atoms with E-state index in [9.17, 15) is 14.4 Å². The van der Waals surface area contributed by atoms with E-state index in [2.05, 4.69) is 15.3 Å². The third-order valence-electron chi connectivity index (χ3n) is 3.22. The summed E-state index contributed by atoms with van der Waals surface area (Å²) in [5, 5.41) is 2.74.